The van der Waals surface area contributed by atoms with Gasteiger partial charge in [-0.05, 0) is 32.1 Å². The Labute approximate surface area is 114 Å². The molecule has 0 bridgehead atoms. The van der Waals surface area contributed by atoms with E-state index in [1.165, 1.54) is 4.90 Å². The quantitative estimate of drug-likeness (QED) is 0.850. The van der Waals surface area contributed by atoms with Gasteiger partial charge >= 0.3 is 12.1 Å². The molecule has 7 heteroatoms. The van der Waals surface area contributed by atoms with Gasteiger partial charge in [0.25, 0.3) is 0 Å². The standard InChI is InChI=1S/C13H18F3NO3/c14-13(15,16)10-2-1-5-17(7-10)11(18)8-3-4-9(6-8)12(19)20/h8-10H,1-7H2,(H,19,20). The van der Waals surface area contributed by atoms with Crippen molar-refractivity contribution in [2.45, 2.75) is 38.3 Å². The molecule has 2 rings (SSSR count). The molecule has 1 aliphatic carbocycles. The molecule has 4 nitrogen and oxygen atoms in total. The second kappa shape index (κ2) is 5.61. The Hall–Kier alpha value is -1.27. The maximum atomic E-state index is 12.7. The molecule has 0 aromatic heterocycles. The Bertz CT molecular complexity index is 397. The first-order valence-corrected chi connectivity index (χ1v) is 6.87. The first kappa shape index (κ1) is 15.1. The fourth-order valence-electron chi connectivity index (χ4n) is 3.13. The van der Waals surface area contributed by atoms with E-state index in [-0.39, 0.29) is 25.3 Å². The number of carboxylic acid groups (broad SMARTS) is 1. The number of rotatable bonds is 2. The molecule has 2 fully saturated rings. The van der Waals surface area contributed by atoms with E-state index < -0.39 is 29.9 Å². The number of carboxylic acids is 1. The smallest absolute Gasteiger partial charge is 0.393 e. The maximum absolute atomic E-state index is 12.7. The normalized spacial score (nSPS) is 31.4. The molecule has 1 saturated carbocycles. The predicted molar refractivity (Wildman–Crippen MR) is 63.8 cm³/mol. The zero-order chi connectivity index (χ0) is 14.9. The van der Waals surface area contributed by atoms with Crippen LogP contribution in [0, 0.1) is 17.8 Å². The zero-order valence-electron chi connectivity index (χ0n) is 11.0. The maximum Gasteiger partial charge on any atom is 0.393 e. The summed E-state index contributed by atoms with van der Waals surface area (Å²) < 4.78 is 38.1. The molecular formula is C13H18F3NO3. The Morgan fingerprint density at radius 2 is 1.75 bits per heavy atom. The molecule has 114 valence electrons. The molecule has 3 atom stereocenters. The van der Waals surface area contributed by atoms with Crippen LogP contribution in [-0.4, -0.2) is 41.1 Å². The van der Waals surface area contributed by atoms with Crippen molar-refractivity contribution in [2.24, 2.45) is 17.8 Å². The largest absolute Gasteiger partial charge is 0.481 e. The number of alkyl halides is 3. The second-order valence-corrected chi connectivity index (χ2v) is 5.71. The van der Waals surface area contributed by atoms with Crippen LogP contribution in [-0.2, 0) is 9.59 Å². The van der Waals surface area contributed by atoms with Gasteiger partial charge in [0.05, 0.1) is 11.8 Å². The number of carbonyl (C=O) groups excluding carboxylic acids is 1. The molecule has 1 heterocycles. The van der Waals surface area contributed by atoms with Crippen molar-refractivity contribution in [2.75, 3.05) is 13.1 Å². The summed E-state index contributed by atoms with van der Waals surface area (Å²) in [4.78, 5) is 24.3. The summed E-state index contributed by atoms with van der Waals surface area (Å²) in [6, 6.07) is 0. The molecular weight excluding hydrogens is 275 g/mol. The number of halogens is 3. The van der Waals surface area contributed by atoms with Crippen LogP contribution >= 0.6 is 0 Å². The van der Waals surface area contributed by atoms with Gasteiger partial charge in [-0.2, -0.15) is 13.2 Å². The van der Waals surface area contributed by atoms with Crippen molar-refractivity contribution < 1.29 is 27.9 Å². The van der Waals surface area contributed by atoms with Gasteiger partial charge in [-0.25, -0.2) is 0 Å². The Morgan fingerprint density at radius 1 is 1.10 bits per heavy atom. The lowest BCUT2D eigenvalue weighted by atomic mass is 9.95. The van der Waals surface area contributed by atoms with Crippen molar-refractivity contribution >= 4 is 11.9 Å². The summed E-state index contributed by atoms with van der Waals surface area (Å²) in [5.74, 6) is -3.64. The van der Waals surface area contributed by atoms with Gasteiger partial charge in [0.15, 0.2) is 0 Å². The molecule has 0 spiro atoms. The second-order valence-electron chi connectivity index (χ2n) is 5.71. The molecule has 2 aliphatic rings. The number of carbonyl (C=O) groups is 2. The average Bonchev–Trinajstić information content (AvgIpc) is 2.87. The third-order valence-electron chi connectivity index (χ3n) is 4.33. The van der Waals surface area contributed by atoms with Crippen LogP contribution in [0.3, 0.4) is 0 Å². The number of piperidine rings is 1. The van der Waals surface area contributed by atoms with Crippen LogP contribution in [0.4, 0.5) is 13.2 Å². The summed E-state index contributed by atoms with van der Waals surface area (Å²) >= 11 is 0. The number of aliphatic carboxylic acids is 1. The summed E-state index contributed by atoms with van der Waals surface area (Å²) in [6.07, 6.45) is -2.70. The van der Waals surface area contributed by atoms with Crippen molar-refractivity contribution in [3.05, 3.63) is 0 Å². The Balaban J connectivity index is 1.94. The highest BCUT2D eigenvalue weighted by Gasteiger charge is 2.44. The van der Waals surface area contributed by atoms with Crippen molar-refractivity contribution in [1.29, 1.82) is 0 Å². The van der Waals surface area contributed by atoms with Crippen molar-refractivity contribution in [3.63, 3.8) is 0 Å². The molecule has 0 radical (unpaired) electrons. The zero-order valence-corrected chi connectivity index (χ0v) is 11.0. The molecule has 3 unspecified atom stereocenters. The van der Waals surface area contributed by atoms with E-state index in [2.05, 4.69) is 0 Å². The molecule has 20 heavy (non-hydrogen) atoms. The van der Waals surface area contributed by atoms with E-state index in [1.807, 2.05) is 0 Å². The lowest BCUT2D eigenvalue weighted by molar-refractivity contribution is -0.188. The van der Waals surface area contributed by atoms with Crippen molar-refractivity contribution in [1.82, 2.24) is 4.90 Å². The SMILES string of the molecule is O=C(O)C1CCC(C(=O)N2CCCC(C(F)(F)F)C2)C1. The van der Waals surface area contributed by atoms with Crippen molar-refractivity contribution in [3.8, 4) is 0 Å². The summed E-state index contributed by atoms with van der Waals surface area (Å²) in [5, 5.41) is 8.90. The highest BCUT2D eigenvalue weighted by molar-refractivity contribution is 5.81. The number of amides is 1. The van der Waals surface area contributed by atoms with E-state index >= 15 is 0 Å². The number of hydrogen-bond donors (Lipinski definition) is 1. The minimum Gasteiger partial charge on any atom is -0.481 e. The molecule has 0 aromatic rings. The van der Waals surface area contributed by atoms with E-state index in [0.717, 1.165) is 0 Å². The van der Waals surface area contributed by atoms with Crippen LogP contribution < -0.4 is 0 Å². The minimum atomic E-state index is -4.27. The first-order chi connectivity index (χ1) is 9.29. The first-order valence-electron chi connectivity index (χ1n) is 6.87. The topological polar surface area (TPSA) is 57.6 Å². The summed E-state index contributed by atoms with van der Waals surface area (Å²) in [6.45, 7) is 0.0657. The lowest BCUT2D eigenvalue weighted by Crippen LogP contribution is -2.46. The lowest BCUT2D eigenvalue weighted by Gasteiger charge is -2.35. The van der Waals surface area contributed by atoms with Gasteiger partial charge in [0.1, 0.15) is 0 Å². The molecule has 0 aromatic carbocycles. The van der Waals surface area contributed by atoms with Gasteiger partial charge in [0.2, 0.25) is 5.91 Å². The Morgan fingerprint density at radius 3 is 2.30 bits per heavy atom. The van der Waals surface area contributed by atoms with Gasteiger partial charge in [-0.15, -0.1) is 0 Å². The molecule has 1 amide bonds. The predicted octanol–water partition coefficient (Wildman–Crippen LogP) is 2.29. The third-order valence-corrected chi connectivity index (χ3v) is 4.33. The van der Waals surface area contributed by atoms with Crippen LogP contribution in [0.25, 0.3) is 0 Å². The highest BCUT2D eigenvalue weighted by Crippen LogP contribution is 2.36. The van der Waals surface area contributed by atoms with E-state index in [0.29, 0.717) is 25.8 Å². The van der Waals surface area contributed by atoms with Gasteiger partial charge in [-0.1, -0.05) is 0 Å². The van der Waals surface area contributed by atoms with E-state index in [4.69, 9.17) is 5.11 Å². The van der Waals surface area contributed by atoms with Crippen LogP contribution in [0.1, 0.15) is 32.1 Å². The fourth-order valence-corrected chi connectivity index (χ4v) is 3.13. The van der Waals surface area contributed by atoms with E-state index in [9.17, 15) is 22.8 Å². The molecule has 1 N–H and O–H groups in total. The molecule has 1 aliphatic heterocycles. The number of hydrogen-bond acceptors (Lipinski definition) is 2. The van der Waals surface area contributed by atoms with Crippen LogP contribution in [0.2, 0.25) is 0 Å². The van der Waals surface area contributed by atoms with Gasteiger partial charge < -0.3 is 10.0 Å². The van der Waals surface area contributed by atoms with E-state index in [1.54, 1.807) is 0 Å². The Kier molecular flexibility index (Phi) is 4.25. The third kappa shape index (κ3) is 3.24. The molecule has 1 saturated heterocycles. The summed E-state index contributed by atoms with van der Waals surface area (Å²) in [5.41, 5.74) is 0. The number of nitrogens with zero attached hydrogens (tertiary/aromatic N) is 1. The fraction of sp³-hybridized carbons (Fsp3) is 0.846. The highest BCUT2D eigenvalue weighted by atomic mass is 19.4. The summed E-state index contributed by atoms with van der Waals surface area (Å²) in [7, 11) is 0. The average molecular weight is 293 g/mol. The van der Waals surface area contributed by atoms with Crippen LogP contribution in [0.15, 0.2) is 0 Å². The minimum absolute atomic E-state index is 0.0652. The van der Waals surface area contributed by atoms with Gasteiger partial charge in [-0.3, -0.25) is 9.59 Å². The number of likely N-dealkylation sites (tertiary alicyclic amines) is 1. The monoisotopic (exact) mass is 293 g/mol. The van der Waals surface area contributed by atoms with Crippen LogP contribution in [0.5, 0.6) is 0 Å². The van der Waals surface area contributed by atoms with Gasteiger partial charge in [0, 0.05) is 19.0 Å².